The molecule has 174 valence electrons. The van der Waals surface area contributed by atoms with Crippen molar-refractivity contribution in [3.8, 4) is 0 Å². The number of rotatable bonds is 5. The molecule has 0 radical (unpaired) electrons. The van der Waals surface area contributed by atoms with Gasteiger partial charge in [-0.25, -0.2) is 0 Å². The number of esters is 1. The molecule has 3 saturated carbocycles. The Morgan fingerprint density at radius 2 is 1.47 bits per heavy atom. The minimum Gasteiger partial charge on any atom is -0.455 e. The first-order valence-electron chi connectivity index (χ1n) is 10.9. The molecule has 0 amide bonds. The molecule has 0 spiro atoms. The van der Waals surface area contributed by atoms with Crippen molar-refractivity contribution in [2.45, 2.75) is 95.2 Å². The number of ether oxygens (including phenoxy) is 1. The maximum absolute atomic E-state index is 13.7. The van der Waals surface area contributed by atoms with E-state index in [4.69, 9.17) is 4.74 Å². The van der Waals surface area contributed by atoms with Crippen molar-refractivity contribution in [1.82, 2.24) is 0 Å². The highest BCUT2D eigenvalue weighted by atomic mass is 19.4. The predicted octanol–water partition coefficient (Wildman–Crippen LogP) is 5.80. The Hall–Kier alpha value is -0.990. The second kappa shape index (κ2) is 7.85. The maximum Gasteiger partial charge on any atom is 0.430 e. The van der Waals surface area contributed by atoms with Gasteiger partial charge in [0.2, 0.25) is 0 Å². The van der Waals surface area contributed by atoms with E-state index in [1.165, 1.54) is 0 Å². The molecule has 3 aliphatic carbocycles. The molecule has 30 heavy (non-hydrogen) atoms. The summed E-state index contributed by atoms with van der Waals surface area (Å²) in [4.78, 5) is 13.0. The van der Waals surface area contributed by atoms with Crippen molar-refractivity contribution in [3.63, 3.8) is 0 Å². The van der Waals surface area contributed by atoms with Crippen LogP contribution in [0.2, 0.25) is 0 Å². The van der Waals surface area contributed by atoms with E-state index in [0.29, 0.717) is 18.8 Å². The Balaban J connectivity index is 1.92. The molecule has 0 aromatic heterocycles. The summed E-state index contributed by atoms with van der Waals surface area (Å²) in [5.74, 6) is -0.902. The molecule has 9 heteroatoms. The number of aliphatic hydroxyl groups is 1. The largest absolute Gasteiger partial charge is 0.455 e. The molecule has 5 unspecified atom stereocenters. The highest BCUT2D eigenvalue weighted by molar-refractivity contribution is 5.74. The smallest absolute Gasteiger partial charge is 0.430 e. The minimum atomic E-state index is -6.02. The summed E-state index contributed by atoms with van der Waals surface area (Å²) in [6.07, 6.45) is -9.95. The lowest BCUT2D eigenvalue weighted by atomic mass is 9.70. The molecular weight excluding hydrogens is 414 g/mol. The average Bonchev–Trinajstić information content (AvgIpc) is 3.24. The van der Waals surface area contributed by atoms with Crippen molar-refractivity contribution in [2.24, 2.45) is 29.6 Å². The lowest BCUT2D eigenvalue weighted by Crippen LogP contribution is -2.72. The van der Waals surface area contributed by atoms with Crippen molar-refractivity contribution in [3.05, 3.63) is 0 Å². The number of hydrogen-bond donors (Lipinski definition) is 1. The molecule has 3 nitrogen and oxygen atoms in total. The van der Waals surface area contributed by atoms with E-state index in [1.807, 2.05) is 6.92 Å². The van der Waals surface area contributed by atoms with E-state index in [2.05, 4.69) is 6.92 Å². The summed E-state index contributed by atoms with van der Waals surface area (Å²) in [6.45, 7) is 4.05. The molecular formula is C21H30F6O3. The van der Waals surface area contributed by atoms with Gasteiger partial charge in [0.15, 0.2) is 5.60 Å². The molecule has 1 N–H and O–H groups in total. The van der Waals surface area contributed by atoms with Gasteiger partial charge < -0.3 is 9.84 Å². The van der Waals surface area contributed by atoms with Crippen LogP contribution in [0, 0.1) is 29.6 Å². The van der Waals surface area contributed by atoms with Gasteiger partial charge in [0, 0.05) is 0 Å². The highest BCUT2D eigenvalue weighted by Crippen LogP contribution is 2.59. The summed E-state index contributed by atoms with van der Waals surface area (Å²) >= 11 is 0. The van der Waals surface area contributed by atoms with Crippen molar-refractivity contribution >= 4 is 5.97 Å². The topological polar surface area (TPSA) is 46.5 Å². The first-order valence-corrected chi connectivity index (χ1v) is 10.9. The Labute approximate surface area is 172 Å². The van der Waals surface area contributed by atoms with Crippen LogP contribution in [0.1, 0.15) is 71.6 Å². The average molecular weight is 444 g/mol. The van der Waals surface area contributed by atoms with Crippen LogP contribution < -0.4 is 0 Å². The fourth-order valence-corrected chi connectivity index (χ4v) is 6.72. The molecule has 0 saturated heterocycles. The SMILES string of the molecule is CCC1C2CC(C(=O)OC3(C(O)(C(F)(F)F)C(F)(F)F)CCCCC3)C(C2)C1CC. The number of alkyl halides is 6. The second-order valence-corrected chi connectivity index (χ2v) is 9.33. The lowest BCUT2D eigenvalue weighted by Gasteiger charge is -2.49. The van der Waals surface area contributed by atoms with Gasteiger partial charge in [0.25, 0.3) is 5.60 Å². The molecule has 3 aliphatic rings. The Bertz CT molecular complexity index is 624. The van der Waals surface area contributed by atoms with Crippen LogP contribution in [0.15, 0.2) is 0 Å². The van der Waals surface area contributed by atoms with E-state index < -0.39 is 48.3 Å². The van der Waals surface area contributed by atoms with Gasteiger partial charge in [-0.05, 0) is 62.2 Å². The van der Waals surface area contributed by atoms with Crippen molar-refractivity contribution < 1.29 is 41.0 Å². The first-order chi connectivity index (χ1) is 13.8. The van der Waals surface area contributed by atoms with Gasteiger partial charge in [-0.1, -0.05) is 33.1 Å². The standard InChI is InChI=1S/C21H30F6O3/c1-3-13-12-10-15(14(13)4-2)16(11-12)17(28)30-18(8-6-5-7-9-18)19(29,20(22,23)24)21(25,26)27/h12-16,29H,3-11H2,1-2H3. The Kier molecular flexibility index (Phi) is 6.20. The normalized spacial score (nSPS) is 34.2. The van der Waals surface area contributed by atoms with Crippen molar-refractivity contribution in [1.29, 1.82) is 0 Å². The third-order valence-corrected chi connectivity index (χ3v) is 8.04. The van der Waals surface area contributed by atoms with Crippen LogP contribution in [0.3, 0.4) is 0 Å². The van der Waals surface area contributed by atoms with Gasteiger partial charge in [-0.3, -0.25) is 4.79 Å². The predicted molar refractivity (Wildman–Crippen MR) is 96.2 cm³/mol. The Morgan fingerprint density at radius 3 is 1.93 bits per heavy atom. The number of carbonyl (C=O) groups is 1. The fourth-order valence-electron chi connectivity index (χ4n) is 6.72. The maximum atomic E-state index is 13.7. The van der Waals surface area contributed by atoms with E-state index >= 15 is 0 Å². The van der Waals surface area contributed by atoms with Crippen LogP contribution in [0.4, 0.5) is 26.3 Å². The molecule has 3 fully saturated rings. The number of hydrogen-bond acceptors (Lipinski definition) is 3. The molecule has 0 heterocycles. The van der Waals surface area contributed by atoms with E-state index in [-0.39, 0.29) is 30.6 Å². The lowest BCUT2D eigenvalue weighted by molar-refractivity contribution is -0.416. The third kappa shape index (κ3) is 3.43. The van der Waals surface area contributed by atoms with Gasteiger partial charge in [0.1, 0.15) is 0 Å². The summed E-state index contributed by atoms with van der Waals surface area (Å²) in [5.41, 5.74) is -8.12. The van der Waals surface area contributed by atoms with Gasteiger partial charge in [-0.15, -0.1) is 0 Å². The van der Waals surface area contributed by atoms with Gasteiger partial charge in [0.05, 0.1) is 5.92 Å². The second-order valence-electron chi connectivity index (χ2n) is 9.33. The van der Waals surface area contributed by atoms with E-state index in [1.54, 1.807) is 0 Å². The van der Waals surface area contributed by atoms with Crippen LogP contribution >= 0.6 is 0 Å². The zero-order valence-corrected chi connectivity index (χ0v) is 17.3. The summed E-state index contributed by atoms with van der Waals surface area (Å²) < 4.78 is 87.1. The first kappa shape index (κ1) is 23.7. The molecule has 0 aromatic carbocycles. The summed E-state index contributed by atoms with van der Waals surface area (Å²) in [6, 6.07) is 0. The van der Waals surface area contributed by atoms with Crippen LogP contribution in [-0.4, -0.2) is 34.6 Å². The minimum absolute atomic E-state index is 0.0218. The molecule has 2 bridgehead atoms. The zero-order chi connectivity index (χ0) is 22.5. The number of fused-ring (bicyclic) bond motifs is 2. The quantitative estimate of drug-likeness (QED) is 0.431. The van der Waals surface area contributed by atoms with E-state index in [9.17, 15) is 36.2 Å². The molecule has 0 aliphatic heterocycles. The Morgan fingerprint density at radius 1 is 0.933 bits per heavy atom. The molecule has 3 rings (SSSR count). The number of halogens is 6. The van der Waals surface area contributed by atoms with Crippen LogP contribution in [-0.2, 0) is 9.53 Å². The molecule has 5 atom stereocenters. The van der Waals surface area contributed by atoms with Crippen LogP contribution in [0.5, 0.6) is 0 Å². The zero-order valence-electron chi connectivity index (χ0n) is 17.3. The summed E-state index contributed by atoms with van der Waals surface area (Å²) in [5, 5.41) is 10.1. The van der Waals surface area contributed by atoms with E-state index in [0.717, 1.165) is 19.3 Å². The fraction of sp³-hybridized carbons (Fsp3) is 0.952. The monoisotopic (exact) mass is 444 g/mol. The van der Waals surface area contributed by atoms with Gasteiger partial charge >= 0.3 is 18.3 Å². The van der Waals surface area contributed by atoms with Gasteiger partial charge in [-0.2, -0.15) is 26.3 Å². The third-order valence-electron chi connectivity index (χ3n) is 8.04. The molecule has 0 aromatic rings. The van der Waals surface area contributed by atoms with Crippen LogP contribution in [0.25, 0.3) is 0 Å². The van der Waals surface area contributed by atoms with Crippen molar-refractivity contribution in [2.75, 3.05) is 0 Å². The summed E-state index contributed by atoms with van der Waals surface area (Å²) in [7, 11) is 0. The highest BCUT2D eigenvalue weighted by Gasteiger charge is 2.81. The number of carbonyl (C=O) groups excluding carboxylic acids is 1.